The molecule has 3 N–H and O–H groups in total. The molecule has 4 rings (SSSR count). The van der Waals surface area contributed by atoms with Crippen LogP contribution in [0.5, 0.6) is 0 Å². The molecule has 8 nitrogen and oxygen atoms in total. The second-order valence-electron chi connectivity index (χ2n) is 10.1. The van der Waals surface area contributed by atoms with Crippen molar-refractivity contribution in [1.82, 2.24) is 15.1 Å². The van der Waals surface area contributed by atoms with Gasteiger partial charge in [-0.3, -0.25) is 4.79 Å². The summed E-state index contributed by atoms with van der Waals surface area (Å²) in [6.07, 6.45) is -1.72. The minimum Gasteiger partial charge on any atom is -0.444 e. The molecule has 2 amide bonds. The Bertz CT molecular complexity index is 1480. The number of anilines is 1. The van der Waals surface area contributed by atoms with Gasteiger partial charge in [-0.1, -0.05) is 54.6 Å². The summed E-state index contributed by atoms with van der Waals surface area (Å²) in [6, 6.07) is 22.0. The second-order valence-corrected chi connectivity index (χ2v) is 10.1. The fourth-order valence-electron chi connectivity index (χ4n) is 4.00. The molecule has 0 aliphatic rings. The first kappa shape index (κ1) is 27.5. The van der Waals surface area contributed by atoms with Crippen LogP contribution in [0.25, 0.3) is 5.69 Å². The molecule has 4 aromatic rings. The van der Waals surface area contributed by atoms with Crippen molar-refractivity contribution in [3.8, 4) is 5.69 Å². The number of benzene rings is 3. The number of aromatic nitrogens is 2. The average molecular weight is 531 g/mol. The van der Waals surface area contributed by atoms with Crippen LogP contribution >= 0.6 is 0 Å². The van der Waals surface area contributed by atoms with Gasteiger partial charge in [0.1, 0.15) is 17.4 Å². The Morgan fingerprint density at radius 3 is 2.46 bits per heavy atom. The van der Waals surface area contributed by atoms with Crippen LogP contribution in [0, 0.1) is 12.7 Å². The van der Waals surface area contributed by atoms with Crippen molar-refractivity contribution >= 4 is 17.7 Å². The minimum atomic E-state index is -1.19. The maximum atomic E-state index is 15.4. The zero-order chi connectivity index (χ0) is 28.2. The molecule has 0 fully saturated rings. The Kier molecular flexibility index (Phi) is 8.11. The molecular formula is C30H31FN4O4. The van der Waals surface area contributed by atoms with Crippen LogP contribution in [0.3, 0.4) is 0 Å². The van der Waals surface area contributed by atoms with E-state index in [2.05, 4.69) is 15.7 Å². The van der Waals surface area contributed by atoms with E-state index in [1.165, 1.54) is 16.8 Å². The van der Waals surface area contributed by atoms with Crippen molar-refractivity contribution in [3.05, 3.63) is 113 Å². The van der Waals surface area contributed by atoms with Gasteiger partial charge in [0.05, 0.1) is 17.1 Å². The SMILES string of the molecule is Cc1cc(C(=O)Nc2cccc(C(O)c3ccccc3)c2F)n(-c2cccc(CNC(=O)OC(C)(C)C)c2)n1. The maximum Gasteiger partial charge on any atom is 0.407 e. The molecule has 0 saturated heterocycles. The summed E-state index contributed by atoms with van der Waals surface area (Å²) in [4.78, 5) is 25.3. The van der Waals surface area contributed by atoms with E-state index in [9.17, 15) is 14.7 Å². The Labute approximate surface area is 226 Å². The van der Waals surface area contributed by atoms with Crippen molar-refractivity contribution in [2.75, 3.05) is 5.32 Å². The fourth-order valence-corrected chi connectivity index (χ4v) is 4.00. The van der Waals surface area contributed by atoms with Gasteiger partial charge in [-0.25, -0.2) is 13.9 Å². The normalized spacial score (nSPS) is 12.1. The summed E-state index contributed by atoms with van der Waals surface area (Å²) in [5, 5.41) is 20.5. The van der Waals surface area contributed by atoms with Gasteiger partial charge in [-0.05, 0) is 63.1 Å². The molecule has 1 atom stereocenters. The molecule has 0 spiro atoms. The number of hydrogen-bond donors (Lipinski definition) is 3. The zero-order valence-corrected chi connectivity index (χ0v) is 22.2. The number of amides is 2. The number of nitrogens with zero attached hydrogens (tertiary/aromatic N) is 2. The Morgan fingerprint density at radius 2 is 1.74 bits per heavy atom. The largest absolute Gasteiger partial charge is 0.444 e. The van der Waals surface area contributed by atoms with Crippen LogP contribution in [0.4, 0.5) is 14.9 Å². The standard InChI is InChI=1S/C30H31FN4O4/c1-19-16-25(35(34-19)22-13-8-10-20(17-22)18-32-29(38)39-30(2,3)4)28(37)33-24-15-9-14-23(26(24)31)27(36)21-11-6-5-7-12-21/h5-17,27,36H,18H2,1-4H3,(H,32,38)(H,33,37). The van der Waals surface area contributed by atoms with E-state index in [-0.39, 0.29) is 23.5 Å². The summed E-state index contributed by atoms with van der Waals surface area (Å²) < 4.78 is 22.1. The fraction of sp³-hybridized carbons (Fsp3) is 0.233. The van der Waals surface area contributed by atoms with Crippen molar-refractivity contribution in [3.63, 3.8) is 0 Å². The summed E-state index contributed by atoms with van der Waals surface area (Å²) >= 11 is 0. The van der Waals surface area contributed by atoms with Gasteiger partial charge in [0.2, 0.25) is 0 Å². The smallest absolute Gasteiger partial charge is 0.407 e. The first-order valence-electron chi connectivity index (χ1n) is 12.5. The first-order valence-corrected chi connectivity index (χ1v) is 12.5. The highest BCUT2D eigenvalue weighted by Crippen LogP contribution is 2.28. The van der Waals surface area contributed by atoms with Gasteiger partial charge in [-0.2, -0.15) is 5.10 Å². The molecule has 1 heterocycles. The van der Waals surface area contributed by atoms with E-state index in [0.29, 0.717) is 16.9 Å². The van der Waals surface area contributed by atoms with Crippen molar-refractivity contribution in [2.24, 2.45) is 0 Å². The molecule has 9 heteroatoms. The molecule has 3 aromatic carbocycles. The van der Waals surface area contributed by atoms with Crippen molar-refractivity contribution in [2.45, 2.75) is 45.9 Å². The van der Waals surface area contributed by atoms with Gasteiger partial charge in [0.25, 0.3) is 5.91 Å². The molecule has 0 aliphatic heterocycles. The molecule has 0 radical (unpaired) electrons. The van der Waals surface area contributed by atoms with Crippen LogP contribution in [-0.2, 0) is 11.3 Å². The third-order valence-corrected chi connectivity index (χ3v) is 5.74. The lowest BCUT2D eigenvalue weighted by atomic mass is 10.0. The molecule has 0 saturated carbocycles. The first-order chi connectivity index (χ1) is 18.5. The third kappa shape index (κ3) is 6.88. The topological polar surface area (TPSA) is 105 Å². The molecule has 1 aromatic heterocycles. The molecule has 1 unspecified atom stereocenters. The van der Waals surface area contributed by atoms with Gasteiger partial charge in [0, 0.05) is 12.1 Å². The summed E-state index contributed by atoms with van der Waals surface area (Å²) in [5.41, 5.74) is 2.05. The Balaban J connectivity index is 1.54. The van der Waals surface area contributed by atoms with E-state index in [1.807, 2.05) is 12.1 Å². The molecule has 0 aliphatic carbocycles. The second kappa shape index (κ2) is 11.5. The molecule has 39 heavy (non-hydrogen) atoms. The van der Waals surface area contributed by atoms with E-state index >= 15 is 4.39 Å². The van der Waals surface area contributed by atoms with Crippen LogP contribution in [0.15, 0.2) is 78.9 Å². The highest BCUT2D eigenvalue weighted by Gasteiger charge is 2.21. The number of nitrogens with one attached hydrogen (secondary N) is 2. The predicted octanol–water partition coefficient (Wildman–Crippen LogP) is 5.68. The summed E-state index contributed by atoms with van der Waals surface area (Å²) in [5.74, 6) is -1.29. The number of alkyl carbamates (subject to hydrolysis) is 1. The van der Waals surface area contributed by atoms with E-state index in [0.717, 1.165) is 5.56 Å². The van der Waals surface area contributed by atoms with Gasteiger partial charge < -0.3 is 20.5 Å². The number of hydrogen-bond acceptors (Lipinski definition) is 5. The Hall–Kier alpha value is -4.50. The highest BCUT2D eigenvalue weighted by atomic mass is 19.1. The number of aliphatic hydroxyl groups excluding tert-OH is 1. The van der Waals surface area contributed by atoms with Crippen LogP contribution in [-0.4, -0.2) is 32.5 Å². The van der Waals surface area contributed by atoms with E-state index in [4.69, 9.17) is 4.74 Å². The number of aryl methyl sites for hydroxylation is 1. The lowest BCUT2D eigenvalue weighted by Crippen LogP contribution is -2.32. The van der Waals surface area contributed by atoms with Crippen LogP contribution in [0.1, 0.15) is 59.7 Å². The molecule has 0 bridgehead atoms. The highest BCUT2D eigenvalue weighted by molar-refractivity contribution is 6.03. The summed E-state index contributed by atoms with van der Waals surface area (Å²) in [6.45, 7) is 7.32. The quantitative estimate of drug-likeness (QED) is 0.285. The number of carbonyl (C=O) groups excluding carboxylic acids is 2. The zero-order valence-electron chi connectivity index (χ0n) is 22.2. The number of carbonyl (C=O) groups is 2. The minimum absolute atomic E-state index is 0.0499. The van der Waals surface area contributed by atoms with Crippen molar-refractivity contribution in [1.29, 1.82) is 0 Å². The number of aliphatic hydroxyl groups is 1. The van der Waals surface area contributed by atoms with E-state index in [1.54, 1.807) is 82.3 Å². The number of ether oxygens (including phenoxy) is 1. The van der Waals surface area contributed by atoms with Gasteiger partial charge in [-0.15, -0.1) is 0 Å². The average Bonchev–Trinajstić information content (AvgIpc) is 3.30. The lowest BCUT2D eigenvalue weighted by molar-refractivity contribution is 0.0523. The number of rotatable bonds is 7. The van der Waals surface area contributed by atoms with E-state index < -0.39 is 29.5 Å². The lowest BCUT2D eigenvalue weighted by Gasteiger charge is -2.19. The van der Waals surface area contributed by atoms with Gasteiger partial charge in [0.15, 0.2) is 5.82 Å². The van der Waals surface area contributed by atoms with Gasteiger partial charge >= 0.3 is 6.09 Å². The third-order valence-electron chi connectivity index (χ3n) is 5.74. The summed E-state index contributed by atoms with van der Waals surface area (Å²) in [7, 11) is 0. The number of halogens is 1. The monoisotopic (exact) mass is 530 g/mol. The Morgan fingerprint density at radius 1 is 1.03 bits per heavy atom. The molecule has 202 valence electrons. The van der Waals surface area contributed by atoms with Crippen LogP contribution in [0.2, 0.25) is 0 Å². The maximum absolute atomic E-state index is 15.4. The van der Waals surface area contributed by atoms with Crippen molar-refractivity contribution < 1.29 is 23.8 Å². The van der Waals surface area contributed by atoms with Crippen LogP contribution < -0.4 is 10.6 Å². The molecular weight excluding hydrogens is 499 g/mol. The predicted molar refractivity (Wildman–Crippen MR) is 146 cm³/mol.